The fourth-order valence-electron chi connectivity index (χ4n) is 4.08. The first-order chi connectivity index (χ1) is 12.6. The second-order valence-corrected chi connectivity index (χ2v) is 7.95. The van der Waals surface area contributed by atoms with Crippen molar-refractivity contribution in [2.75, 3.05) is 44.2 Å². The van der Waals surface area contributed by atoms with Crippen molar-refractivity contribution in [3.05, 3.63) is 18.0 Å². The number of hydrogen-bond acceptors (Lipinski definition) is 5. The molecule has 2 aliphatic heterocycles. The molecule has 1 aromatic rings. The van der Waals surface area contributed by atoms with E-state index in [-0.39, 0.29) is 11.8 Å². The average Bonchev–Trinajstić information content (AvgIpc) is 2.65. The zero-order chi connectivity index (χ0) is 18.4. The molecule has 3 rings (SSSR count). The van der Waals surface area contributed by atoms with Gasteiger partial charge in [0.15, 0.2) is 0 Å². The summed E-state index contributed by atoms with van der Waals surface area (Å²) in [6.07, 6.45) is 7.30. The molecule has 2 aliphatic rings. The zero-order valence-corrected chi connectivity index (χ0v) is 16.3. The second-order valence-electron chi connectivity index (χ2n) is 7.95. The van der Waals surface area contributed by atoms with Gasteiger partial charge in [0.05, 0.1) is 0 Å². The summed E-state index contributed by atoms with van der Waals surface area (Å²) in [5.41, 5.74) is 0.984. The number of amides is 1. The van der Waals surface area contributed by atoms with Crippen LogP contribution in [0.5, 0.6) is 0 Å². The maximum absolute atomic E-state index is 12.4. The van der Waals surface area contributed by atoms with Crippen LogP contribution in [0.4, 0.5) is 5.95 Å². The van der Waals surface area contributed by atoms with E-state index < -0.39 is 0 Å². The Bertz CT molecular complexity index is 585. The minimum Gasteiger partial charge on any atom is -0.356 e. The van der Waals surface area contributed by atoms with Gasteiger partial charge in [-0.15, -0.1) is 0 Å². The van der Waals surface area contributed by atoms with Crippen LogP contribution in [-0.2, 0) is 4.79 Å². The summed E-state index contributed by atoms with van der Waals surface area (Å²) in [6, 6.07) is 1.91. The van der Waals surface area contributed by atoms with Gasteiger partial charge in [0.25, 0.3) is 0 Å². The van der Waals surface area contributed by atoms with Crippen LogP contribution < -0.4 is 10.2 Å². The first kappa shape index (κ1) is 19.1. The van der Waals surface area contributed by atoms with Gasteiger partial charge in [-0.3, -0.25) is 4.79 Å². The fraction of sp³-hybridized carbons (Fsp3) is 0.750. The smallest absolute Gasteiger partial charge is 0.225 e. The molecule has 1 unspecified atom stereocenters. The minimum absolute atomic E-state index is 0.131. The number of nitrogens with zero attached hydrogens (tertiary/aromatic N) is 4. The molecule has 2 saturated heterocycles. The van der Waals surface area contributed by atoms with E-state index in [4.69, 9.17) is 0 Å². The molecule has 1 atom stereocenters. The van der Waals surface area contributed by atoms with Gasteiger partial charge in [-0.25, -0.2) is 9.97 Å². The predicted molar refractivity (Wildman–Crippen MR) is 104 cm³/mol. The van der Waals surface area contributed by atoms with Crippen LogP contribution in [0.2, 0.25) is 0 Å². The molecule has 26 heavy (non-hydrogen) atoms. The number of carbonyl (C=O) groups excluding carboxylic acids is 1. The van der Waals surface area contributed by atoms with Crippen molar-refractivity contribution in [1.29, 1.82) is 0 Å². The Morgan fingerprint density at radius 1 is 1.27 bits per heavy atom. The Morgan fingerprint density at radius 2 is 2.08 bits per heavy atom. The van der Waals surface area contributed by atoms with Crippen molar-refractivity contribution in [2.45, 2.75) is 46.0 Å². The molecular formula is C20H33N5O. The van der Waals surface area contributed by atoms with E-state index in [9.17, 15) is 4.79 Å². The predicted octanol–water partition coefficient (Wildman–Crippen LogP) is 2.24. The van der Waals surface area contributed by atoms with Crippen LogP contribution in [0, 0.1) is 18.8 Å². The van der Waals surface area contributed by atoms with Crippen molar-refractivity contribution >= 4 is 11.9 Å². The molecule has 0 spiro atoms. The number of carbonyl (C=O) groups is 1. The number of piperidine rings is 2. The summed E-state index contributed by atoms with van der Waals surface area (Å²) < 4.78 is 0. The van der Waals surface area contributed by atoms with Gasteiger partial charge in [0, 0.05) is 44.0 Å². The minimum atomic E-state index is 0.131. The van der Waals surface area contributed by atoms with Crippen molar-refractivity contribution in [2.24, 2.45) is 11.8 Å². The van der Waals surface area contributed by atoms with Gasteiger partial charge < -0.3 is 15.1 Å². The molecule has 6 heteroatoms. The van der Waals surface area contributed by atoms with Crippen LogP contribution in [0.15, 0.2) is 12.3 Å². The lowest BCUT2D eigenvalue weighted by Crippen LogP contribution is -2.42. The van der Waals surface area contributed by atoms with Gasteiger partial charge in [0.2, 0.25) is 11.9 Å². The number of hydrogen-bond donors (Lipinski definition) is 1. The fourth-order valence-corrected chi connectivity index (χ4v) is 4.08. The van der Waals surface area contributed by atoms with Crippen molar-refractivity contribution < 1.29 is 4.79 Å². The molecule has 3 heterocycles. The third kappa shape index (κ3) is 5.40. The average molecular weight is 360 g/mol. The summed E-state index contributed by atoms with van der Waals surface area (Å²) in [4.78, 5) is 26.0. The Hall–Kier alpha value is -1.69. The Kier molecular flexibility index (Phi) is 6.83. The molecule has 144 valence electrons. The monoisotopic (exact) mass is 359 g/mol. The molecule has 1 N–H and O–H groups in total. The maximum Gasteiger partial charge on any atom is 0.225 e. The first-order valence-electron chi connectivity index (χ1n) is 10.2. The lowest BCUT2D eigenvalue weighted by atomic mass is 9.96. The third-order valence-corrected chi connectivity index (χ3v) is 5.62. The number of rotatable bonds is 6. The van der Waals surface area contributed by atoms with Crippen LogP contribution in [0.3, 0.4) is 0 Å². The van der Waals surface area contributed by atoms with E-state index in [0.29, 0.717) is 0 Å². The highest BCUT2D eigenvalue weighted by Gasteiger charge is 2.26. The molecule has 2 fully saturated rings. The standard InChI is InChI=1S/C20H33N5O/c1-16-5-3-11-24(15-16)12-4-9-21-19(26)18-7-13-25(14-8-18)20-22-10-6-17(2)23-20/h6,10,16,18H,3-5,7-9,11-15H2,1-2H3,(H,21,26). The van der Waals surface area contributed by atoms with Crippen LogP contribution in [-0.4, -0.2) is 60.0 Å². The lowest BCUT2D eigenvalue weighted by Gasteiger charge is -2.32. The molecule has 6 nitrogen and oxygen atoms in total. The topological polar surface area (TPSA) is 61.4 Å². The van der Waals surface area contributed by atoms with E-state index >= 15 is 0 Å². The van der Waals surface area contributed by atoms with Gasteiger partial charge in [-0.1, -0.05) is 6.92 Å². The van der Waals surface area contributed by atoms with E-state index in [1.807, 2.05) is 13.0 Å². The Balaban J connectivity index is 1.33. The van der Waals surface area contributed by atoms with Crippen LogP contribution >= 0.6 is 0 Å². The highest BCUT2D eigenvalue weighted by atomic mass is 16.1. The number of likely N-dealkylation sites (tertiary alicyclic amines) is 1. The number of nitrogens with one attached hydrogen (secondary N) is 1. The molecule has 0 bridgehead atoms. The summed E-state index contributed by atoms with van der Waals surface area (Å²) in [7, 11) is 0. The summed E-state index contributed by atoms with van der Waals surface area (Å²) >= 11 is 0. The molecule has 0 aliphatic carbocycles. The van der Waals surface area contributed by atoms with E-state index in [2.05, 4.69) is 32.0 Å². The third-order valence-electron chi connectivity index (χ3n) is 5.62. The van der Waals surface area contributed by atoms with Gasteiger partial charge in [-0.05, 0) is 64.1 Å². The number of aryl methyl sites for hydroxylation is 1. The SMILES string of the molecule is Cc1ccnc(N2CCC(C(=O)NCCCN3CCCC(C)C3)CC2)n1. The maximum atomic E-state index is 12.4. The van der Waals surface area contributed by atoms with Crippen LogP contribution in [0.1, 0.15) is 44.7 Å². The lowest BCUT2D eigenvalue weighted by molar-refractivity contribution is -0.125. The van der Waals surface area contributed by atoms with E-state index in [1.54, 1.807) is 6.20 Å². The largest absolute Gasteiger partial charge is 0.356 e. The highest BCUT2D eigenvalue weighted by molar-refractivity contribution is 5.78. The first-order valence-corrected chi connectivity index (χ1v) is 10.2. The van der Waals surface area contributed by atoms with E-state index in [1.165, 1.54) is 25.9 Å². The Labute approximate surface area is 157 Å². The van der Waals surface area contributed by atoms with Crippen molar-refractivity contribution in [3.63, 3.8) is 0 Å². The molecule has 1 amide bonds. The zero-order valence-electron chi connectivity index (χ0n) is 16.3. The second kappa shape index (κ2) is 9.31. The van der Waals surface area contributed by atoms with Gasteiger partial charge in [-0.2, -0.15) is 0 Å². The number of aromatic nitrogens is 2. The quantitative estimate of drug-likeness (QED) is 0.790. The molecular weight excluding hydrogens is 326 g/mol. The molecule has 0 aromatic carbocycles. The highest BCUT2D eigenvalue weighted by Crippen LogP contribution is 2.21. The summed E-state index contributed by atoms with van der Waals surface area (Å²) in [6.45, 7) is 10.4. The summed E-state index contributed by atoms with van der Waals surface area (Å²) in [5, 5.41) is 3.15. The molecule has 0 saturated carbocycles. The molecule has 1 aromatic heterocycles. The number of anilines is 1. The summed E-state index contributed by atoms with van der Waals surface area (Å²) in [5.74, 6) is 1.97. The Morgan fingerprint density at radius 3 is 2.81 bits per heavy atom. The molecule has 0 radical (unpaired) electrons. The normalized spacial score (nSPS) is 22.4. The van der Waals surface area contributed by atoms with Gasteiger partial charge in [0.1, 0.15) is 0 Å². The van der Waals surface area contributed by atoms with Crippen molar-refractivity contribution in [1.82, 2.24) is 20.2 Å². The van der Waals surface area contributed by atoms with Gasteiger partial charge >= 0.3 is 0 Å². The van der Waals surface area contributed by atoms with E-state index in [0.717, 1.165) is 63.0 Å². The van der Waals surface area contributed by atoms with Crippen LogP contribution in [0.25, 0.3) is 0 Å². The van der Waals surface area contributed by atoms with Crippen molar-refractivity contribution in [3.8, 4) is 0 Å².